The van der Waals surface area contributed by atoms with E-state index in [1.54, 1.807) is 17.1 Å². The lowest BCUT2D eigenvalue weighted by atomic mass is 10.1. The highest BCUT2D eigenvalue weighted by atomic mass is 16.1. The molecule has 1 aliphatic rings. The number of nitrogens with zero attached hydrogens (tertiary/aromatic N) is 5. The zero-order chi connectivity index (χ0) is 20.2. The summed E-state index contributed by atoms with van der Waals surface area (Å²) in [7, 11) is 0. The van der Waals surface area contributed by atoms with E-state index in [2.05, 4.69) is 49.2 Å². The Morgan fingerprint density at radius 2 is 2.17 bits per heavy atom. The van der Waals surface area contributed by atoms with Crippen LogP contribution < -0.4 is 21.9 Å². The monoisotopic (exact) mass is 391 g/mol. The molecule has 148 valence electrons. The number of aliphatic imine (C=N–C) groups is 1. The maximum atomic E-state index is 12.3. The molecule has 0 aliphatic carbocycles. The Bertz CT molecular complexity index is 1060. The van der Waals surface area contributed by atoms with Gasteiger partial charge in [0.2, 0.25) is 0 Å². The number of rotatable bonds is 6. The summed E-state index contributed by atoms with van der Waals surface area (Å²) in [6, 6.07) is 8.14. The number of carbonyl (C=O) groups is 1. The highest BCUT2D eigenvalue weighted by Crippen LogP contribution is 2.19. The summed E-state index contributed by atoms with van der Waals surface area (Å²) >= 11 is 0. The second-order valence-corrected chi connectivity index (χ2v) is 6.52. The molecule has 0 bridgehead atoms. The van der Waals surface area contributed by atoms with Crippen molar-refractivity contribution in [2.75, 3.05) is 11.1 Å². The normalized spacial score (nSPS) is 15.6. The first kappa shape index (κ1) is 18.6. The second-order valence-electron chi connectivity index (χ2n) is 6.52. The Morgan fingerprint density at radius 3 is 2.97 bits per heavy atom. The van der Waals surface area contributed by atoms with Crippen molar-refractivity contribution < 1.29 is 4.79 Å². The number of hydrazine groups is 1. The number of carbonyl (C=O) groups excluding carboxylic acids is 1. The number of aromatic nitrogens is 4. The highest BCUT2D eigenvalue weighted by Gasteiger charge is 2.17. The lowest BCUT2D eigenvalue weighted by molar-refractivity contribution is 0.102. The summed E-state index contributed by atoms with van der Waals surface area (Å²) in [5.74, 6) is 0.594. The second kappa shape index (κ2) is 8.07. The molecule has 29 heavy (non-hydrogen) atoms. The fourth-order valence-electron chi connectivity index (χ4n) is 2.99. The Kier molecular flexibility index (Phi) is 5.16. The first-order valence-electron chi connectivity index (χ1n) is 9.19. The molecule has 1 atom stereocenters. The van der Waals surface area contributed by atoms with Crippen molar-refractivity contribution in [2.45, 2.75) is 26.1 Å². The average Bonchev–Trinajstić information content (AvgIpc) is 3.38. The Hall–Kier alpha value is -3.79. The van der Waals surface area contributed by atoms with Gasteiger partial charge in [-0.2, -0.15) is 5.10 Å². The Balaban J connectivity index is 1.43. The van der Waals surface area contributed by atoms with Crippen LogP contribution in [0, 0.1) is 0 Å². The van der Waals surface area contributed by atoms with Crippen molar-refractivity contribution in [3.8, 4) is 0 Å². The number of hydrogen-bond acceptors (Lipinski definition) is 8. The van der Waals surface area contributed by atoms with Crippen molar-refractivity contribution in [2.24, 2.45) is 4.99 Å². The molecule has 1 unspecified atom stereocenters. The van der Waals surface area contributed by atoms with Crippen LogP contribution in [0.2, 0.25) is 0 Å². The molecule has 1 aromatic carbocycles. The molecule has 3 heterocycles. The molecule has 0 fully saturated rings. The Morgan fingerprint density at radius 1 is 1.31 bits per heavy atom. The summed E-state index contributed by atoms with van der Waals surface area (Å²) in [5.41, 5.74) is 14.7. The standard InChI is InChI=1S/C19H21N9O/c1-2-15-25-18(27-26-15)13-5-3-4-12(8-13)10-28-11-14(9-23-28)24-19(29)16-17(20)22-7-6-21-16/h3-9,11,18,27H,2,10H2,1H3,(H2,20,22)(H,24,29)(H,25,26). The first-order valence-corrected chi connectivity index (χ1v) is 9.19. The van der Waals surface area contributed by atoms with Gasteiger partial charge in [-0.15, -0.1) is 0 Å². The predicted molar refractivity (Wildman–Crippen MR) is 109 cm³/mol. The van der Waals surface area contributed by atoms with Crippen LogP contribution in [0.3, 0.4) is 0 Å². The molecular weight excluding hydrogens is 370 g/mol. The molecule has 1 amide bonds. The molecule has 10 heteroatoms. The first-order chi connectivity index (χ1) is 14.1. The van der Waals surface area contributed by atoms with Gasteiger partial charge in [0.25, 0.3) is 5.91 Å². The number of benzene rings is 1. The predicted octanol–water partition coefficient (Wildman–Crippen LogP) is 1.47. The van der Waals surface area contributed by atoms with Crippen molar-refractivity contribution in [1.29, 1.82) is 0 Å². The molecule has 4 rings (SSSR count). The quantitative estimate of drug-likeness (QED) is 0.500. The van der Waals surface area contributed by atoms with Gasteiger partial charge >= 0.3 is 0 Å². The molecule has 10 nitrogen and oxygen atoms in total. The SMILES string of the molecule is CCC1=NC(c2cccc(Cn3cc(NC(=O)c4nccnc4N)cn3)c2)NN1. The summed E-state index contributed by atoms with van der Waals surface area (Å²) in [6.07, 6.45) is 6.93. The van der Waals surface area contributed by atoms with Gasteiger partial charge in [-0.25, -0.2) is 20.4 Å². The van der Waals surface area contributed by atoms with E-state index in [0.29, 0.717) is 12.2 Å². The van der Waals surface area contributed by atoms with Crippen LogP contribution in [0.25, 0.3) is 0 Å². The minimum absolute atomic E-state index is 0.0811. The lowest BCUT2D eigenvalue weighted by Crippen LogP contribution is -2.30. The van der Waals surface area contributed by atoms with Gasteiger partial charge in [-0.05, 0) is 11.1 Å². The summed E-state index contributed by atoms with van der Waals surface area (Å²) in [5, 5.41) is 7.04. The largest absolute Gasteiger partial charge is 0.382 e. The summed E-state index contributed by atoms with van der Waals surface area (Å²) in [4.78, 5) is 24.7. The van der Waals surface area contributed by atoms with E-state index >= 15 is 0 Å². The Labute approximate surface area is 167 Å². The number of hydrogen-bond donors (Lipinski definition) is 4. The third kappa shape index (κ3) is 4.22. The topological polar surface area (TPSA) is 135 Å². The zero-order valence-electron chi connectivity index (χ0n) is 15.8. The van der Waals surface area contributed by atoms with E-state index in [4.69, 9.17) is 5.73 Å². The number of amidine groups is 1. The van der Waals surface area contributed by atoms with Gasteiger partial charge in [0.05, 0.1) is 18.4 Å². The van der Waals surface area contributed by atoms with E-state index in [9.17, 15) is 4.79 Å². The van der Waals surface area contributed by atoms with E-state index in [1.165, 1.54) is 12.4 Å². The zero-order valence-corrected chi connectivity index (χ0v) is 15.8. The average molecular weight is 391 g/mol. The van der Waals surface area contributed by atoms with Gasteiger partial charge in [0, 0.05) is 25.0 Å². The van der Waals surface area contributed by atoms with Crippen LogP contribution >= 0.6 is 0 Å². The maximum absolute atomic E-state index is 12.3. The van der Waals surface area contributed by atoms with Crippen LogP contribution in [0.15, 0.2) is 54.0 Å². The fraction of sp³-hybridized carbons (Fsp3) is 0.211. The molecule has 0 saturated carbocycles. The van der Waals surface area contributed by atoms with E-state index < -0.39 is 5.91 Å². The number of amides is 1. The van der Waals surface area contributed by atoms with Crippen LogP contribution in [0.1, 0.15) is 41.1 Å². The minimum atomic E-state index is -0.429. The molecule has 5 N–H and O–H groups in total. The third-order valence-electron chi connectivity index (χ3n) is 4.42. The van der Waals surface area contributed by atoms with Gasteiger partial charge in [-0.1, -0.05) is 31.2 Å². The van der Waals surface area contributed by atoms with E-state index in [1.807, 2.05) is 18.2 Å². The van der Waals surface area contributed by atoms with Crippen molar-refractivity contribution >= 4 is 23.2 Å². The summed E-state index contributed by atoms with van der Waals surface area (Å²) < 4.78 is 1.75. The minimum Gasteiger partial charge on any atom is -0.382 e. The number of nitrogens with one attached hydrogen (secondary N) is 3. The molecule has 1 aliphatic heterocycles. The van der Waals surface area contributed by atoms with Gasteiger partial charge in [0.1, 0.15) is 12.0 Å². The van der Waals surface area contributed by atoms with Gasteiger partial charge in [0.15, 0.2) is 11.5 Å². The lowest BCUT2D eigenvalue weighted by Gasteiger charge is -2.10. The molecule has 0 saturated heterocycles. The number of anilines is 2. The van der Waals surface area contributed by atoms with Crippen molar-refractivity contribution in [1.82, 2.24) is 30.6 Å². The van der Waals surface area contributed by atoms with Crippen LogP contribution in [0.5, 0.6) is 0 Å². The highest BCUT2D eigenvalue weighted by molar-refractivity contribution is 6.05. The molecule has 0 spiro atoms. The fourth-order valence-corrected chi connectivity index (χ4v) is 2.99. The maximum Gasteiger partial charge on any atom is 0.278 e. The number of nitrogen functional groups attached to an aromatic ring is 1. The van der Waals surface area contributed by atoms with Crippen molar-refractivity contribution in [3.05, 3.63) is 65.9 Å². The van der Waals surface area contributed by atoms with Crippen LogP contribution in [-0.2, 0) is 6.54 Å². The van der Waals surface area contributed by atoms with Gasteiger partial charge < -0.3 is 16.5 Å². The number of nitrogens with two attached hydrogens (primary N) is 1. The molecule has 3 aromatic rings. The molecule has 2 aromatic heterocycles. The van der Waals surface area contributed by atoms with E-state index in [0.717, 1.165) is 23.4 Å². The van der Waals surface area contributed by atoms with Crippen molar-refractivity contribution in [3.63, 3.8) is 0 Å². The molecule has 0 radical (unpaired) electrons. The van der Waals surface area contributed by atoms with E-state index in [-0.39, 0.29) is 17.7 Å². The van der Waals surface area contributed by atoms with Crippen LogP contribution in [0.4, 0.5) is 11.5 Å². The van der Waals surface area contributed by atoms with Crippen LogP contribution in [-0.4, -0.2) is 31.5 Å². The smallest absolute Gasteiger partial charge is 0.278 e. The third-order valence-corrected chi connectivity index (χ3v) is 4.42. The van der Waals surface area contributed by atoms with Gasteiger partial charge in [-0.3, -0.25) is 9.48 Å². The molecular formula is C19H21N9O. The summed E-state index contributed by atoms with van der Waals surface area (Å²) in [6.45, 7) is 2.61.